The number of benzene rings is 1. The van der Waals surface area contributed by atoms with Crippen molar-refractivity contribution in [2.75, 3.05) is 23.3 Å². The molecule has 32 heavy (non-hydrogen) atoms. The van der Waals surface area contributed by atoms with Crippen molar-refractivity contribution in [3.8, 4) is 16.3 Å². The maximum absolute atomic E-state index is 14.1. The first kappa shape index (κ1) is 22.3. The van der Waals surface area contributed by atoms with Crippen LogP contribution in [0.4, 0.5) is 24.7 Å². The molecule has 0 saturated carbocycles. The van der Waals surface area contributed by atoms with Gasteiger partial charge in [0.1, 0.15) is 29.1 Å². The molecule has 1 aliphatic rings. The van der Waals surface area contributed by atoms with Crippen LogP contribution in [0.2, 0.25) is 0 Å². The molecule has 0 radical (unpaired) electrons. The average molecular weight is 484 g/mol. The number of amides is 1. The zero-order valence-corrected chi connectivity index (χ0v) is 18.2. The minimum atomic E-state index is -3.82. The van der Waals surface area contributed by atoms with Crippen LogP contribution < -0.4 is 15.0 Å². The summed E-state index contributed by atoms with van der Waals surface area (Å²) in [6.45, 7) is 2.55. The first-order valence-corrected chi connectivity index (χ1v) is 10.7. The van der Waals surface area contributed by atoms with Crippen molar-refractivity contribution >= 4 is 40.5 Å². The number of pyridine rings is 1. The number of hydrogen-bond donors (Lipinski definition) is 1. The van der Waals surface area contributed by atoms with E-state index < -0.39 is 17.6 Å². The van der Waals surface area contributed by atoms with Gasteiger partial charge in [-0.3, -0.25) is 4.79 Å². The smallest absolute Gasteiger partial charge is 0.420 e. The molecule has 3 heterocycles. The highest BCUT2D eigenvalue weighted by molar-refractivity contribution is 7.09. The van der Waals surface area contributed by atoms with Crippen LogP contribution in [0.3, 0.4) is 0 Å². The predicted octanol–water partition coefficient (Wildman–Crippen LogP) is 4.81. The predicted molar refractivity (Wildman–Crippen MR) is 115 cm³/mol. The number of aromatic nitrogens is 3. The monoisotopic (exact) mass is 483 g/mol. The summed E-state index contributed by atoms with van der Waals surface area (Å²) in [6.07, 6.45) is 1.83. The van der Waals surface area contributed by atoms with Crippen LogP contribution >= 0.6 is 23.1 Å². The van der Waals surface area contributed by atoms with Crippen molar-refractivity contribution in [2.24, 2.45) is 5.92 Å². The van der Waals surface area contributed by atoms with Crippen LogP contribution in [-0.4, -0.2) is 45.1 Å². The van der Waals surface area contributed by atoms with E-state index in [-0.39, 0.29) is 23.8 Å². The Kier molecular flexibility index (Phi) is 6.20. The maximum atomic E-state index is 14.1. The Labute approximate surface area is 190 Å². The van der Waals surface area contributed by atoms with Gasteiger partial charge in [0, 0.05) is 35.9 Å². The number of ether oxygens (including phenoxy) is 1. The zero-order valence-electron chi connectivity index (χ0n) is 16.6. The van der Waals surface area contributed by atoms with Gasteiger partial charge in [-0.15, -0.1) is 8.78 Å². The largest absolute Gasteiger partial charge is 0.487 e. The number of nitrogens with one attached hydrogen (secondary N) is 1. The minimum Gasteiger partial charge on any atom is -0.420 e. The highest BCUT2D eigenvalue weighted by Crippen LogP contribution is 2.34. The van der Waals surface area contributed by atoms with Crippen molar-refractivity contribution in [3.63, 3.8) is 0 Å². The molecule has 1 N–H and O–H groups in total. The SMILES string of the molecule is CC1CN(c2ncc(C(=O)Nc3ccc(OC(F)(F)Cl)cc3)cc2-c2ncns2)CC1F. The van der Waals surface area contributed by atoms with Gasteiger partial charge in [0.05, 0.1) is 17.7 Å². The average Bonchev–Trinajstić information content (AvgIpc) is 3.38. The Bertz CT molecular complexity index is 1090. The lowest BCUT2D eigenvalue weighted by Crippen LogP contribution is -2.23. The Morgan fingerprint density at radius 1 is 1.28 bits per heavy atom. The van der Waals surface area contributed by atoms with E-state index in [4.69, 9.17) is 11.6 Å². The summed E-state index contributed by atoms with van der Waals surface area (Å²) in [5.74, 6) is -0.218. The molecule has 1 aromatic carbocycles. The fraction of sp³-hybridized carbons (Fsp3) is 0.300. The fourth-order valence-electron chi connectivity index (χ4n) is 3.33. The van der Waals surface area contributed by atoms with Gasteiger partial charge in [-0.2, -0.15) is 4.37 Å². The number of anilines is 2. The third-order valence-electron chi connectivity index (χ3n) is 4.89. The van der Waals surface area contributed by atoms with Gasteiger partial charge >= 0.3 is 5.57 Å². The zero-order chi connectivity index (χ0) is 22.9. The van der Waals surface area contributed by atoms with Gasteiger partial charge in [0.2, 0.25) is 0 Å². The molecular weight excluding hydrogens is 467 g/mol. The molecule has 3 aromatic rings. The second kappa shape index (κ2) is 8.91. The first-order valence-electron chi connectivity index (χ1n) is 9.53. The summed E-state index contributed by atoms with van der Waals surface area (Å²) in [7, 11) is 0. The first-order chi connectivity index (χ1) is 15.2. The van der Waals surface area contributed by atoms with Crippen LogP contribution in [0, 0.1) is 5.92 Å². The van der Waals surface area contributed by atoms with Crippen LogP contribution in [0.1, 0.15) is 17.3 Å². The van der Waals surface area contributed by atoms with E-state index in [0.29, 0.717) is 28.6 Å². The third kappa shape index (κ3) is 5.10. The van der Waals surface area contributed by atoms with E-state index in [9.17, 15) is 18.0 Å². The van der Waals surface area contributed by atoms with E-state index in [2.05, 4.69) is 24.4 Å². The summed E-state index contributed by atoms with van der Waals surface area (Å²) in [5.41, 5.74) is -2.64. The normalized spacial score (nSPS) is 18.6. The lowest BCUT2D eigenvalue weighted by molar-refractivity contribution is -0.0964. The molecular formula is C20H17ClF3N5O2S. The molecule has 1 amide bonds. The number of alkyl halides is 4. The van der Waals surface area contributed by atoms with Crippen LogP contribution in [0.5, 0.6) is 5.75 Å². The molecule has 1 saturated heterocycles. The number of hydrogen-bond acceptors (Lipinski definition) is 7. The van der Waals surface area contributed by atoms with E-state index in [1.165, 1.54) is 36.8 Å². The number of carbonyl (C=O) groups excluding carboxylic acids is 1. The van der Waals surface area contributed by atoms with E-state index in [0.717, 1.165) is 11.5 Å². The Hall–Kier alpha value is -2.92. The van der Waals surface area contributed by atoms with Crippen LogP contribution in [0.15, 0.2) is 42.9 Å². The van der Waals surface area contributed by atoms with E-state index >= 15 is 0 Å². The second-order valence-electron chi connectivity index (χ2n) is 7.27. The van der Waals surface area contributed by atoms with Gasteiger partial charge in [0.25, 0.3) is 5.91 Å². The summed E-state index contributed by atoms with van der Waals surface area (Å²) >= 11 is 5.88. The van der Waals surface area contributed by atoms with Crippen molar-refractivity contribution < 1.29 is 22.7 Å². The lowest BCUT2D eigenvalue weighted by Gasteiger charge is -2.20. The Morgan fingerprint density at radius 2 is 2.03 bits per heavy atom. The molecule has 4 rings (SSSR count). The van der Waals surface area contributed by atoms with Crippen molar-refractivity contribution in [1.82, 2.24) is 14.3 Å². The summed E-state index contributed by atoms with van der Waals surface area (Å²) in [6, 6.07) is 6.93. The third-order valence-corrected chi connectivity index (χ3v) is 5.66. The number of nitrogens with zero attached hydrogens (tertiary/aromatic N) is 4. The topological polar surface area (TPSA) is 80.2 Å². The van der Waals surface area contributed by atoms with Gasteiger partial charge < -0.3 is 15.0 Å². The highest BCUT2D eigenvalue weighted by atomic mass is 35.5. The second-order valence-corrected chi connectivity index (χ2v) is 8.49. The standard InChI is InChI=1S/C20H17ClF3N5O2S/c1-11-8-29(9-16(11)22)17-15(19-26-10-27-32-19)6-12(7-25-17)18(30)28-13-2-4-14(5-3-13)31-20(21,23)24/h2-7,10-11,16H,8-9H2,1H3,(H,28,30). The maximum Gasteiger partial charge on any atom is 0.487 e. The number of carbonyl (C=O) groups is 1. The van der Waals surface area contributed by atoms with Gasteiger partial charge in [-0.25, -0.2) is 14.4 Å². The summed E-state index contributed by atoms with van der Waals surface area (Å²) in [4.78, 5) is 23.2. The fourth-order valence-corrected chi connectivity index (χ4v) is 3.95. The molecule has 12 heteroatoms. The van der Waals surface area contributed by atoms with Crippen molar-refractivity contribution in [2.45, 2.75) is 18.7 Å². The van der Waals surface area contributed by atoms with Crippen molar-refractivity contribution in [3.05, 3.63) is 48.4 Å². The van der Waals surface area contributed by atoms with Gasteiger partial charge in [-0.05, 0) is 41.9 Å². The van der Waals surface area contributed by atoms with Gasteiger partial charge in [-0.1, -0.05) is 6.92 Å². The molecule has 7 nitrogen and oxygen atoms in total. The highest BCUT2D eigenvalue weighted by Gasteiger charge is 2.32. The van der Waals surface area contributed by atoms with E-state index in [1.54, 1.807) is 6.07 Å². The minimum absolute atomic E-state index is 0.132. The van der Waals surface area contributed by atoms with Crippen LogP contribution in [0.25, 0.3) is 10.6 Å². The van der Waals surface area contributed by atoms with E-state index in [1.807, 2.05) is 11.8 Å². The molecule has 1 fully saturated rings. The molecule has 1 aliphatic heterocycles. The van der Waals surface area contributed by atoms with Crippen molar-refractivity contribution in [1.29, 1.82) is 0 Å². The number of rotatable bonds is 6. The summed E-state index contributed by atoms with van der Waals surface area (Å²) < 4.78 is 47.8. The summed E-state index contributed by atoms with van der Waals surface area (Å²) in [5, 5.41) is 3.22. The molecule has 2 aromatic heterocycles. The molecule has 0 spiro atoms. The quantitative estimate of drug-likeness (QED) is 0.507. The molecule has 168 valence electrons. The Morgan fingerprint density at radius 3 is 2.62 bits per heavy atom. The van der Waals surface area contributed by atoms with Gasteiger partial charge in [0.15, 0.2) is 0 Å². The lowest BCUT2D eigenvalue weighted by atomic mass is 10.1. The molecule has 2 atom stereocenters. The molecule has 2 unspecified atom stereocenters. The Balaban J connectivity index is 1.56. The number of halogens is 4. The van der Waals surface area contributed by atoms with Crippen LogP contribution in [-0.2, 0) is 0 Å². The molecule has 0 aliphatic carbocycles. The molecule has 0 bridgehead atoms.